The van der Waals surface area contributed by atoms with Crippen LogP contribution < -0.4 is 0 Å². The van der Waals surface area contributed by atoms with E-state index in [-0.39, 0.29) is 0 Å². The molecule has 2 heteroatoms. The van der Waals surface area contributed by atoms with Crippen LogP contribution >= 0.6 is 23.5 Å². The summed E-state index contributed by atoms with van der Waals surface area (Å²) in [5.41, 5.74) is 0.585. The van der Waals surface area contributed by atoms with Gasteiger partial charge in [0.1, 0.15) is 0 Å². The molecule has 0 aromatic carbocycles. The predicted octanol–water partition coefficient (Wildman–Crippen LogP) is 4.01. The lowest BCUT2D eigenvalue weighted by atomic mass is 9.72. The fraction of sp³-hybridized carbons (Fsp3) is 1.00. The van der Waals surface area contributed by atoms with Crippen molar-refractivity contribution in [2.75, 3.05) is 11.5 Å². The van der Waals surface area contributed by atoms with Crippen molar-refractivity contribution in [2.24, 2.45) is 11.3 Å². The number of thioether (sulfide) groups is 2. The Morgan fingerprint density at radius 3 is 2.23 bits per heavy atom. The highest BCUT2D eigenvalue weighted by molar-refractivity contribution is 8.21. The Morgan fingerprint density at radius 2 is 1.69 bits per heavy atom. The molecule has 1 atom stereocenters. The molecule has 1 saturated heterocycles. The van der Waals surface area contributed by atoms with E-state index in [1.54, 1.807) is 0 Å². The van der Waals surface area contributed by atoms with Gasteiger partial charge in [0.15, 0.2) is 0 Å². The largest absolute Gasteiger partial charge is 0.143 e. The molecule has 0 N–H and O–H groups in total. The van der Waals surface area contributed by atoms with Gasteiger partial charge in [-0.3, -0.25) is 0 Å². The Balaban J connectivity index is 2.12. The summed E-state index contributed by atoms with van der Waals surface area (Å²) in [6.45, 7) is 7.33. The van der Waals surface area contributed by atoms with Gasteiger partial charge in [-0.1, -0.05) is 20.8 Å². The molecule has 2 aliphatic rings. The standard InChI is InChI=1S/C11H20S2/c1-9-6-10(2,3)8-11(7-9)12-4-5-13-11/h9H,4-8H2,1-3H3. The summed E-state index contributed by atoms with van der Waals surface area (Å²) in [5, 5.41) is 0. The molecule has 1 aliphatic heterocycles. The van der Waals surface area contributed by atoms with Crippen molar-refractivity contribution < 1.29 is 0 Å². The molecule has 0 amide bonds. The van der Waals surface area contributed by atoms with Crippen LogP contribution in [0.2, 0.25) is 0 Å². The second-order valence-corrected chi connectivity index (χ2v) is 8.68. The quantitative estimate of drug-likeness (QED) is 0.600. The van der Waals surface area contributed by atoms with Crippen LogP contribution in [0.1, 0.15) is 40.0 Å². The van der Waals surface area contributed by atoms with Crippen LogP contribution in [0.5, 0.6) is 0 Å². The van der Waals surface area contributed by atoms with Gasteiger partial charge >= 0.3 is 0 Å². The van der Waals surface area contributed by atoms with E-state index in [0.717, 1.165) is 5.92 Å². The van der Waals surface area contributed by atoms with E-state index in [1.165, 1.54) is 30.8 Å². The van der Waals surface area contributed by atoms with E-state index in [1.807, 2.05) is 0 Å². The van der Waals surface area contributed by atoms with E-state index in [4.69, 9.17) is 0 Å². The second-order valence-electron chi connectivity index (χ2n) is 5.46. The van der Waals surface area contributed by atoms with Gasteiger partial charge in [0.05, 0.1) is 4.08 Å². The third-order valence-corrected chi connectivity index (χ3v) is 6.58. The molecular formula is C11H20S2. The van der Waals surface area contributed by atoms with Gasteiger partial charge in [-0.15, -0.1) is 23.5 Å². The first kappa shape index (κ1) is 10.2. The van der Waals surface area contributed by atoms with Crippen molar-refractivity contribution in [3.63, 3.8) is 0 Å². The number of hydrogen-bond acceptors (Lipinski definition) is 2. The van der Waals surface area contributed by atoms with Gasteiger partial charge in [-0.05, 0) is 30.6 Å². The summed E-state index contributed by atoms with van der Waals surface area (Å²) in [4.78, 5) is 0. The van der Waals surface area contributed by atoms with Crippen LogP contribution in [0.4, 0.5) is 0 Å². The predicted molar refractivity (Wildman–Crippen MR) is 64.4 cm³/mol. The van der Waals surface area contributed by atoms with Crippen LogP contribution in [-0.2, 0) is 0 Å². The van der Waals surface area contributed by atoms with E-state index >= 15 is 0 Å². The van der Waals surface area contributed by atoms with E-state index in [2.05, 4.69) is 44.3 Å². The van der Waals surface area contributed by atoms with Crippen LogP contribution in [0, 0.1) is 11.3 Å². The average Bonchev–Trinajstić information content (AvgIpc) is 2.31. The SMILES string of the molecule is CC1CC(C)(C)CC2(C1)SCCS2. The zero-order chi connectivity index (χ0) is 9.53. The highest BCUT2D eigenvalue weighted by Gasteiger charge is 2.45. The topological polar surface area (TPSA) is 0 Å². The van der Waals surface area contributed by atoms with Crippen LogP contribution in [0.25, 0.3) is 0 Å². The molecule has 13 heavy (non-hydrogen) atoms. The minimum absolute atomic E-state index is 0.585. The molecular weight excluding hydrogens is 196 g/mol. The summed E-state index contributed by atoms with van der Waals surface area (Å²) in [6.07, 6.45) is 4.31. The van der Waals surface area contributed by atoms with Crippen molar-refractivity contribution in [1.82, 2.24) is 0 Å². The fourth-order valence-corrected chi connectivity index (χ4v) is 7.17. The lowest BCUT2D eigenvalue weighted by Crippen LogP contribution is -2.35. The summed E-state index contributed by atoms with van der Waals surface area (Å²) < 4.78 is 0.612. The van der Waals surface area contributed by atoms with E-state index < -0.39 is 0 Å². The maximum atomic E-state index is 2.45. The molecule has 1 spiro atoms. The number of rotatable bonds is 0. The molecule has 0 nitrogen and oxygen atoms in total. The van der Waals surface area contributed by atoms with Gasteiger partial charge in [0, 0.05) is 11.5 Å². The molecule has 0 aromatic rings. The summed E-state index contributed by atoms with van der Waals surface area (Å²) in [5.74, 6) is 3.70. The molecule has 0 radical (unpaired) electrons. The Bertz CT molecular complexity index is 192. The van der Waals surface area contributed by atoms with Gasteiger partial charge in [-0.25, -0.2) is 0 Å². The third kappa shape index (κ3) is 2.20. The number of hydrogen-bond donors (Lipinski definition) is 0. The van der Waals surface area contributed by atoms with Crippen molar-refractivity contribution in [2.45, 2.75) is 44.1 Å². The highest BCUT2D eigenvalue weighted by atomic mass is 32.2. The van der Waals surface area contributed by atoms with Crippen LogP contribution in [-0.4, -0.2) is 15.6 Å². The Kier molecular flexibility index (Phi) is 2.65. The molecule has 1 heterocycles. The zero-order valence-electron chi connectivity index (χ0n) is 8.93. The first-order chi connectivity index (χ1) is 6.02. The summed E-state index contributed by atoms with van der Waals surface area (Å²) in [6, 6.07) is 0. The van der Waals surface area contributed by atoms with Crippen LogP contribution in [0.15, 0.2) is 0 Å². The van der Waals surface area contributed by atoms with Crippen molar-refractivity contribution in [3.05, 3.63) is 0 Å². The minimum atomic E-state index is 0.585. The Morgan fingerprint density at radius 1 is 1.08 bits per heavy atom. The first-order valence-corrected chi connectivity index (χ1v) is 7.26. The molecule has 2 rings (SSSR count). The van der Waals surface area contributed by atoms with Gasteiger partial charge in [0.2, 0.25) is 0 Å². The monoisotopic (exact) mass is 216 g/mol. The molecule has 0 bridgehead atoms. The molecule has 1 saturated carbocycles. The van der Waals surface area contributed by atoms with E-state index in [9.17, 15) is 0 Å². The molecule has 2 fully saturated rings. The summed E-state index contributed by atoms with van der Waals surface area (Å²) >= 11 is 4.47. The molecule has 1 aliphatic carbocycles. The average molecular weight is 216 g/mol. The Labute approximate surface area is 90.6 Å². The molecule has 0 aromatic heterocycles. The Hall–Kier alpha value is 0.700. The fourth-order valence-electron chi connectivity index (χ4n) is 3.14. The molecule has 1 unspecified atom stereocenters. The van der Waals surface area contributed by atoms with Crippen LogP contribution in [0.3, 0.4) is 0 Å². The maximum Gasteiger partial charge on any atom is 0.0619 e. The molecule has 76 valence electrons. The summed E-state index contributed by atoms with van der Waals surface area (Å²) in [7, 11) is 0. The highest BCUT2D eigenvalue weighted by Crippen LogP contribution is 2.58. The minimum Gasteiger partial charge on any atom is -0.143 e. The lowest BCUT2D eigenvalue weighted by Gasteiger charge is -2.44. The second kappa shape index (κ2) is 3.37. The first-order valence-electron chi connectivity index (χ1n) is 5.29. The van der Waals surface area contributed by atoms with Gasteiger partial charge in [0.25, 0.3) is 0 Å². The smallest absolute Gasteiger partial charge is 0.0619 e. The van der Waals surface area contributed by atoms with Crippen molar-refractivity contribution in [3.8, 4) is 0 Å². The normalized spacial score (nSPS) is 36.7. The zero-order valence-corrected chi connectivity index (χ0v) is 10.6. The third-order valence-electron chi connectivity index (χ3n) is 3.12. The maximum absolute atomic E-state index is 2.45. The van der Waals surface area contributed by atoms with E-state index in [0.29, 0.717) is 9.49 Å². The van der Waals surface area contributed by atoms with Crippen molar-refractivity contribution >= 4 is 23.5 Å². The van der Waals surface area contributed by atoms with Gasteiger partial charge in [-0.2, -0.15) is 0 Å². The van der Waals surface area contributed by atoms with Crippen molar-refractivity contribution in [1.29, 1.82) is 0 Å². The van der Waals surface area contributed by atoms with Gasteiger partial charge < -0.3 is 0 Å². The lowest BCUT2D eigenvalue weighted by molar-refractivity contribution is 0.187.